The van der Waals surface area contributed by atoms with Crippen LogP contribution >= 0.6 is 67.8 Å². The van der Waals surface area contributed by atoms with E-state index in [1.54, 1.807) is 6.07 Å². The minimum absolute atomic E-state index is 0.113. The number of rotatable bonds is 9. The number of carbonyl (C=O) groups excluding carboxylic acids is 5. The largest absolute Gasteiger partial charge is 0.458 e. The third-order valence-electron chi connectivity index (χ3n) is 3.97. The van der Waals surface area contributed by atoms with E-state index >= 15 is 0 Å². The lowest BCUT2D eigenvalue weighted by atomic mass is 10.2. The van der Waals surface area contributed by atoms with Crippen molar-refractivity contribution in [2.24, 2.45) is 0 Å². The van der Waals surface area contributed by atoms with Crippen molar-refractivity contribution in [2.75, 3.05) is 18.1 Å². The summed E-state index contributed by atoms with van der Waals surface area (Å²) in [6.45, 7) is 11.6. The van der Waals surface area contributed by atoms with Gasteiger partial charge in [-0.1, -0.05) is 13.2 Å². The van der Waals surface area contributed by atoms with Crippen LogP contribution in [0.5, 0.6) is 0 Å². The third-order valence-corrected chi connectivity index (χ3v) is 6.70. The van der Waals surface area contributed by atoms with Crippen molar-refractivity contribution < 1.29 is 38.2 Å². The van der Waals surface area contributed by atoms with Crippen LogP contribution in [0.3, 0.4) is 0 Å². The molecule has 0 bridgehead atoms. The summed E-state index contributed by atoms with van der Waals surface area (Å²) in [5.74, 6) is -3.22. The molecule has 0 fully saturated rings. The first-order valence-corrected chi connectivity index (χ1v) is 12.8. The van der Waals surface area contributed by atoms with E-state index in [0.29, 0.717) is 10.7 Å². The molecule has 9 nitrogen and oxygen atoms in total. The highest BCUT2D eigenvalue weighted by atomic mass is 127. The summed E-state index contributed by atoms with van der Waals surface area (Å²) < 4.78 is 17.1. The van der Waals surface area contributed by atoms with Crippen LogP contribution in [0.4, 0.5) is 5.69 Å². The number of nitrogens with zero attached hydrogens (tertiary/aromatic N) is 1. The molecule has 0 aliphatic heterocycles. The SMILES string of the molecule is C=C(C)C(=O)OCC(COC(=O)c1c(I)cc(I)c(N(C(C)=O)C(C)=O)c1I)OC(=O)C(=C)C. The van der Waals surface area contributed by atoms with E-state index in [1.807, 2.05) is 67.8 Å². The highest BCUT2D eigenvalue weighted by Gasteiger charge is 2.29. The lowest BCUT2D eigenvalue weighted by molar-refractivity contribution is -0.156. The molecule has 12 heteroatoms. The molecule has 1 rings (SSSR count). The second-order valence-electron chi connectivity index (χ2n) is 7.04. The fraction of sp³-hybridized carbons (Fsp3) is 0.318. The van der Waals surface area contributed by atoms with E-state index in [1.165, 1.54) is 27.7 Å². The summed E-state index contributed by atoms with van der Waals surface area (Å²) in [6, 6.07) is 1.64. The Balaban J connectivity index is 3.22. The number of imide groups is 1. The van der Waals surface area contributed by atoms with Gasteiger partial charge in [-0.25, -0.2) is 19.3 Å². The van der Waals surface area contributed by atoms with Crippen molar-refractivity contribution >= 4 is 103 Å². The number of halogens is 3. The lowest BCUT2D eigenvalue weighted by Gasteiger charge is -2.23. The number of hydrogen-bond donors (Lipinski definition) is 0. The molecular weight excluding hydrogens is 787 g/mol. The van der Waals surface area contributed by atoms with Crippen molar-refractivity contribution in [3.8, 4) is 0 Å². The van der Waals surface area contributed by atoms with Crippen LogP contribution < -0.4 is 4.90 Å². The van der Waals surface area contributed by atoms with Crippen molar-refractivity contribution in [3.05, 3.63) is 46.6 Å². The van der Waals surface area contributed by atoms with Gasteiger partial charge in [0.1, 0.15) is 13.2 Å². The molecule has 0 N–H and O–H groups in total. The first-order valence-electron chi connectivity index (χ1n) is 9.53. The Labute approximate surface area is 238 Å². The number of amides is 2. The summed E-state index contributed by atoms with van der Waals surface area (Å²) in [4.78, 5) is 61.8. The molecule has 0 aliphatic carbocycles. The van der Waals surface area contributed by atoms with E-state index in [-0.39, 0.29) is 29.0 Å². The van der Waals surface area contributed by atoms with E-state index in [4.69, 9.17) is 14.2 Å². The average molecular weight is 809 g/mol. The standard InChI is InChI=1S/C22H22I3NO8/c1-10(2)20(29)32-8-14(34-21(30)11(3)4)9-33-22(31)17-15(23)7-16(24)19(18(17)25)26(12(5)27)13(6)28/h7,14H,1,3,8-9H2,2,4-6H3. The van der Waals surface area contributed by atoms with Crippen LogP contribution in [0.1, 0.15) is 38.1 Å². The number of ether oxygens (including phenoxy) is 3. The van der Waals surface area contributed by atoms with E-state index < -0.39 is 42.4 Å². The second-order valence-corrected chi connectivity index (χ2v) is 10.4. The lowest BCUT2D eigenvalue weighted by Crippen LogP contribution is -2.35. The zero-order valence-electron chi connectivity index (χ0n) is 18.8. The molecule has 0 radical (unpaired) electrons. The molecule has 0 aromatic heterocycles. The topological polar surface area (TPSA) is 116 Å². The van der Waals surface area contributed by atoms with Gasteiger partial charge in [0.15, 0.2) is 6.10 Å². The zero-order chi connectivity index (χ0) is 26.3. The van der Waals surface area contributed by atoms with Crippen LogP contribution in [0.25, 0.3) is 0 Å². The van der Waals surface area contributed by atoms with Crippen LogP contribution in [-0.4, -0.2) is 49.0 Å². The van der Waals surface area contributed by atoms with Gasteiger partial charge in [-0.2, -0.15) is 0 Å². The maximum absolute atomic E-state index is 13.0. The highest BCUT2D eigenvalue weighted by molar-refractivity contribution is 14.1. The van der Waals surface area contributed by atoms with Crippen molar-refractivity contribution in [3.63, 3.8) is 0 Å². The molecule has 1 unspecified atom stereocenters. The molecule has 0 spiro atoms. The van der Waals surface area contributed by atoms with Gasteiger partial charge < -0.3 is 14.2 Å². The normalized spacial score (nSPS) is 11.1. The second kappa shape index (κ2) is 13.5. The Hall–Kier alpha value is -1.56. The van der Waals surface area contributed by atoms with Gasteiger partial charge in [0.05, 0.1) is 14.8 Å². The zero-order valence-corrected chi connectivity index (χ0v) is 25.3. The fourth-order valence-electron chi connectivity index (χ4n) is 2.41. The third kappa shape index (κ3) is 8.28. The molecular formula is C22H22I3NO8. The smallest absolute Gasteiger partial charge is 0.340 e. The predicted octanol–water partition coefficient (Wildman–Crippen LogP) is 4.16. The molecule has 2 amide bonds. The van der Waals surface area contributed by atoms with Gasteiger partial charge >= 0.3 is 17.9 Å². The van der Waals surface area contributed by atoms with Crippen molar-refractivity contribution in [1.82, 2.24) is 0 Å². The molecule has 34 heavy (non-hydrogen) atoms. The van der Waals surface area contributed by atoms with Gasteiger partial charge in [0, 0.05) is 32.1 Å². The molecule has 0 aliphatic rings. The van der Waals surface area contributed by atoms with E-state index in [2.05, 4.69) is 13.2 Å². The molecule has 0 saturated heterocycles. The summed E-state index contributed by atoms with van der Waals surface area (Å²) in [7, 11) is 0. The first-order chi connectivity index (χ1) is 15.7. The predicted molar refractivity (Wildman–Crippen MR) is 149 cm³/mol. The van der Waals surface area contributed by atoms with Crippen LogP contribution in [0, 0.1) is 10.7 Å². The average Bonchev–Trinajstić information content (AvgIpc) is 2.71. The first kappa shape index (κ1) is 30.5. The van der Waals surface area contributed by atoms with Crippen LogP contribution in [-0.2, 0) is 33.4 Å². The summed E-state index contributed by atoms with van der Waals surface area (Å²) in [5.41, 5.74) is 0.669. The van der Waals surface area contributed by atoms with Crippen molar-refractivity contribution in [1.29, 1.82) is 0 Å². The van der Waals surface area contributed by atoms with Crippen LogP contribution in [0.2, 0.25) is 0 Å². The number of esters is 3. The summed E-state index contributed by atoms with van der Waals surface area (Å²) in [5, 5.41) is 0. The number of anilines is 1. The fourth-order valence-corrected chi connectivity index (χ4v) is 6.70. The van der Waals surface area contributed by atoms with Crippen molar-refractivity contribution in [2.45, 2.75) is 33.8 Å². The molecule has 1 aromatic carbocycles. The number of benzene rings is 1. The van der Waals surface area contributed by atoms with Gasteiger partial charge in [-0.15, -0.1) is 0 Å². The maximum Gasteiger partial charge on any atom is 0.340 e. The maximum atomic E-state index is 13.0. The van der Waals surface area contributed by atoms with Crippen LogP contribution in [0.15, 0.2) is 30.4 Å². The molecule has 0 heterocycles. The Morgan fingerprint density at radius 3 is 1.82 bits per heavy atom. The number of carbonyl (C=O) groups is 5. The quantitative estimate of drug-likeness (QED) is 0.158. The molecule has 184 valence electrons. The summed E-state index contributed by atoms with van der Waals surface area (Å²) >= 11 is 5.80. The monoisotopic (exact) mass is 809 g/mol. The van der Waals surface area contributed by atoms with Gasteiger partial charge in [0.25, 0.3) is 0 Å². The minimum atomic E-state index is -1.10. The molecule has 1 aromatic rings. The Morgan fingerprint density at radius 1 is 0.853 bits per heavy atom. The van der Waals surface area contributed by atoms with Gasteiger partial charge in [-0.05, 0) is 87.7 Å². The Morgan fingerprint density at radius 2 is 1.35 bits per heavy atom. The highest BCUT2D eigenvalue weighted by Crippen LogP contribution is 2.35. The summed E-state index contributed by atoms with van der Waals surface area (Å²) in [6.07, 6.45) is -1.10. The van der Waals surface area contributed by atoms with E-state index in [9.17, 15) is 24.0 Å². The van der Waals surface area contributed by atoms with E-state index in [0.717, 1.165) is 4.90 Å². The Bertz CT molecular complexity index is 1050. The van der Waals surface area contributed by atoms with Gasteiger partial charge in [0.2, 0.25) is 11.8 Å². The van der Waals surface area contributed by atoms with Gasteiger partial charge in [-0.3, -0.25) is 9.59 Å². The Kier molecular flexibility index (Phi) is 12.1. The molecule has 0 saturated carbocycles. The number of hydrogen-bond acceptors (Lipinski definition) is 8. The molecule has 1 atom stereocenters. The minimum Gasteiger partial charge on any atom is -0.458 e.